The van der Waals surface area contributed by atoms with Gasteiger partial charge in [-0.1, -0.05) is 12.1 Å². The van der Waals surface area contributed by atoms with Gasteiger partial charge in [0, 0.05) is 11.8 Å². The first kappa shape index (κ1) is 16.4. The molecule has 0 aliphatic carbocycles. The molecule has 2 N–H and O–H groups in total. The van der Waals surface area contributed by atoms with Gasteiger partial charge in [0.1, 0.15) is 6.07 Å². The molecule has 0 bridgehead atoms. The smallest absolute Gasteiger partial charge is 0.276 e. The molecule has 8 heteroatoms. The van der Waals surface area contributed by atoms with Gasteiger partial charge in [0.25, 0.3) is 5.91 Å². The quantitative estimate of drug-likeness (QED) is 0.737. The van der Waals surface area contributed by atoms with Crippen molar-refractivity contribution in [2.24, 2.45) is 0 Å². The number of nitrogens with one attached hydrogen (secondary N) is 2. The van der Waals surface area contributed by atoms with Crippen molar-refractivity contribution in [3.8, 4) is 17.6 Å². The van der Waals surface area contributed by atoms with Crippen molar-refractivity contribution in [3.05, 3.63) is 65.9 Å². The predicted octanol–water partition coefficient (Wildman–Crippen LogP) is 3.07. The Morgan fingerprint density at radius 1 is 1.04 bits per heavy atom. The Kier molecular flexibility index (Phi) is 4.25. The van der Waals surface area contributed by atoms with Crippen LogP contribution in [0.1, 0.15) is 16.1 Å². The number of hydrogen-bond donors (Lipinski definition) is 2. The van der Waals surface area contributed by atoms with Crippen LogP contribution in [0.15, 0.2) is 54.6 Å². The van der Waals surface area contributed by atoms with E-state index in [4.69, 9.17) is 14.7 Å². The van der Waals surface area contributed by atoms with Crippen molar-refractivity contribution in [1.29, 1.82) is 5.26 Å². The first-order valence-electron chi connectivity index (χ1n) is 8.04. The molecule has 0 saturated carbocycles. The molecule has 132 valence electrons. The van der Waals surface area contributed by atoms with Gasteiger partial charge >= 0.3 is 0 Å². The Labute approximate surface area is 154 Å². The third-order valence-electron chi connectivity index (χ3n) is 3.84. The van der Waals surface area contributed by atoms with E-state index < -0.39 is 5.91 Å². The van der Waals surface area contributed by atoms with Gasteiger partial charge < -0.3 is 20.1 Å². The fourth-order valence-corrected chi connectivity index (χ4v) is 2.52. The minimum absolute atomic E-state index is 0.159. The summed E-state index contributed by atoms with van der Waals surface area (Å²) in [5.41, 5.74) is 1.83. The molecular formula is C19H13N5O3. The first-order chi connectivity index (χ1) is 13.2. The van der Waals surface area contributed by atoms with E-state index in [-0.39, 0.29) is 12.5 Å². The van der Waals surface area contributed by atoms with E-state index in [1.54, 1.807) is 48.5 Å². The van der Waals surface area contributed by atoms with Gasteiger partial charge in [0.2, 0.25) is 6.79 Å². The molecule has 2 aromatic carbocycles. The van der Waals surface area contributed by atoms with Gasteiger partial charge in [-0.05, 0) is 36.4 Å². The Morgan fingerprint density at radius 2 is 1.89 bits per heavy atom. The molecular weight excluding hydrogens is 346 g/mol. The lowest BCUT2D eigenvalue weighted by atomic mass is 10.2. The number of ether oxygens (including phenoxy) is 2. The maximum atomic E-state index is 12.3. The molecule has 2 heterocycles. The zero-order chi connectivity index (χ0) is 18.6. The van der Waals surface area contributed by atoms with Crippen LogP contribution in [0.2, 0.25) is 0 Å². The van der Waals surface area contributed by atoms with E-state index in [0.29, 0.717) is 34.3 Å². The highest BCUT2D eigenvalue weighted by molar-refractivity contribution is 6.03. The van der Waals surface area contributed by atoms with Crippen LogP contribution in [-0.2, 0) is 0 Å². The second-order valence-electron chi connectivity index (χ2n) is 5.61. The molecule has 0 spiro atoms. The number of nitrogens with zero attached hydrogens (tertiary/aromatic N) is 3. The summed E-state index contributed by atoms with van der Waals surface area (Å²) in [6, 6.07) is 17.4. The molecule has 3 aromatic rings. The van der Waals surface area contributed by atoms with Crippen molar-refractivity contribution in [2.75, 3.05) is 17.4 Å². The minimum Gasteiger partial charge on any atom is -0.454 e. The summed E-state index contributed by atoms with van der Waals surface area (Å²) in [4.78, 5) is 12.3. The van der Waals surface area contributed by atoms with Crippen LogP contribution in [0, 0.1) is 11.3 Å². The summed E-state index contributed by atoms with van der Waals surface area (Å²) in [6.45, 7) is 0.168. The molecule has 0 fully saturated rings. The second-order valence-corrected chi connectivity index (χ2v) is 5.61. The van der Waals surface area contributed by atoms with Gasteiger partial charge in [0.15, 0.2) is 23.0 Å². The monoisotopic (exact) mass is 359 g/mol. The highest BCUT2D eigenvalue weighted by Gasteiger charge is 2.15. The first-order valence-corrected chi connectivity index (χ1v) is 8.04. The Bertz CT molecular complexity index is 1040. The zero-order valence-corrected chi connectivity index (χ0v) is 14.0. The molecule has 0 unspecified atom stereocenters. The van der Waals surface area contributed by atoms with E-state index in [1.165, 1.54) is 0 Å². The number of carbonyl (C=O) groups excluding carboxylic acids is 1. The van der Waals surface area contributed by atoms with Crippen LogP contribution in [0.25, 0.3) is 0 Å². The van der Waals surface area contributed by atoms with Crippen LogP contribution >= 0.6 is 0 Å². The topological polar surface area (TPSA) is 109 Å². The van der Waals surface area contributed by atoms with Crippen LogP contribution in [0.4, 0.5) is 17.2 Å². The lowest BCUT2D eigenvalue weighted by molar-refractivity contribution is 0.102. The summed E-state index contributed by atoms with van der Waals surface area (Å²) < 4.78 is 10.5. The normalized spacial score (nSPS) is 11.5. The van der Waals surface area contributed by atoms with Crippen molar-refractivity contribution >= 4 is 23.1 Å². The number of anilines is 3. The number of nitriles is 1. The summed E-state index contributed by atoms with van der Waals surface area (Å²) >= 11 is 0. The van der Waals surface area contributed by atoms with Crippen molar-refractivity contribution in [1.82, 2.24) is 10.2 Å². The predicted molar refractivity (Wildman–Crippen MR) is 97.0 cm³/mol. The number of carbonyl (C=O) groups is 1. The molecule has 1 aliphatic heterocycles. The third-order valence-corrected chi connectivity index (χ3v) is 3.84. The standard InChI is InChI=1S/C19H13N5O3/c20-10-12-3-1-2-4-14(12)22-18-8-6-15(23-24-18)19(25)21-13-5-7-16-17(9-13)27-11-26-16/h1-9H,11H2,(H,21,25)(H,22,24). The number of para-hydroxylation sites is 1. The highest BCUT2D eigenvalue weighted by Crippen LogP contribution is 2.34. The maximum Gasteiger partial charge on any atom is 0.276 e. The van der Waals surface area contributed by atoms with Gasteiger partial charge in [0.05, 0.1) is 11.3 Å². The SMILES string of the molecule is N#Cc1ccccc1Nc1ccc(C(=O)Nc2ccc3c(c2)OCO3)nn1. The summed E-state index contributed by atoms with van der Waals surface area (Å²) in [6.07, 6.45) is 0. The average molecular weight is 359 g/mol. The number of hydrogen-bond acceptors (Lipinski definition) is 7. The lowest BCUT2D eigenvalue weighted by Crippen LogP contribution is -2.14. The Hall–Kier alpha value is -4.12. The molecule has 4 rings (SSSR count). The largest absolute Gasteiger partial charge is 0.454 e. The Balaban J connectivity index is 1.45. The molecule has 0 radical (unpaired) electrons. The lowest BCUT2D eigenvalue weighted by Gasteiger charge is -2.08. The number of aromatic nitrogens is 2. The van der Waals surface area contributed by atoms with Crippen LogP contribution < -0.4 is 20.1 Å². The van der Waals surface area contributed by atoms with Gasteiger partial charge in [-0.3, -0.25) is 4.79 Å². The molecule has 1 aliphatic rings. The molecule has 1 aromatic heterocycles. The number of fused-ring (bicyclic) bond motifs is 1. The van der Waals surface area contributed by atoms with Gasteiger partial charge in [-0.2, -0.15) is 5.26 Å². The number of amides is 1. The zero-order valence-electron chi connectivity index (χ0n) is 14.0. The van der Waals surface area contributed by atoms with Crippen molar-refractivity contribution in [2.45, 2.75) is 0 Å². The van der Waals surface area contributed by atoms with E-state index in [9.17, 15) is 4.79 Å². The van der Waals surface area contributed by atoms with Crippen molar-refractivity contribution in [3.63, 3.8) is 0 Å². The summed E-state index contributed by atoms with van der Waals surface area (Å²) in [5.74, 6) is 1.25. The van der Waals surface area contributed by atoms with E-state index in [0.717, 1.165) is 0 Å². The highest BCUT2D eigenvalue weighted by atomic mass is 16.7. The second kappa shape index (κ2) is 7.01. The fraction of sp³-hybridized carbons (Fsp3) is 0.0526. The van der Waals surface area contributed by atoms with E-state index >= 15 is 0 Å². The molecule has 1 amide bonds. The maximum absolute atomic E-state index is 12.3. The van der Waals surface area contributed by atoms with Gasteiger partial charge in [-0.25, -0.2) is 0 Å². The van der Waals surface area contributed by atoms with Crippen molar-refractivity contribution < 1.29 is 14.3 Å². The fourth-order valence-electron chi connectivity index (χ4n) is 2.52. The van der Waals surface area contributed by atoms with Crippen LogP contribution in [0.5, 0.6) is 11.5 Å². The summed E-state index contributed by atoms with van der Waals surface area (Å²) in [5, 5.41) is 22.8. The summed E-state index contributed by atoms with van der Waals surface area (Å²) in [7, 11) is 0. The number of benzene rings is 2. The van der Waals surface area contributed by atoms with E-state index in [2.05, 4.69) is 26.9 Å². The molecule has 0 saturated heterocycles. The average Bonchev–Trinajstić information content (AvgIpc) is 3.17. The molecule has 8 nitrogen and oxygen atoms in total. The third kappa shape index (κ3) is 3.48. The van der Waals surface area contributed by atoms with Crippen LogP contribution in [-0.4, -0.2) is 22.9 Å². The van der Waals surface area contributed by atoms with Gasteiger partial charge in [-0.15, -0.1) is 10.2 Å². The molecule has 27 heavy (non-hydrogen) atoms. The Morgan fingerprint density at radius 3 is 2.70 bits per heavy atom. The van der Waals surface area contributed by atoms with E-state index in [1.807, 2.05) is 6.07 Å². The minimum atomic E-state index is -0.398. The van der Waals surface area contributed by atoms with Crippen LogP contribution in [0.3, 0.4) is 0 Å². The molecule has 0 atom stereocenters. The number of rotatable bonds is 4.